The Hall–Kier alpha value is -1.84. The number of hydrogen-bond acceptors (Lipinski definition) is 3. The summed E-state index contributed by atoms with van der Waals surface area (Å²) in [5.74, 6) is 1.76. The molecule has 1 atom stereocenters. The minimum absolute atomic E-state index is 0.128. The van der Waals surface area contributed by atoms with Crippen molar-refractivity contribution in [2.24, 2.45) is 23.2 Å². The number of nitrogens with one attached hydrogen (secondary N) is 1. The maximum absolute atomic E-state index is 13.3. The molecule has 1 amide bonds. The first-order valence-electron chi connectivity index (χ1n) is 10.2. The van der Waals surface area contributed by atoms with E-state index in [1.807, 2.05) is 30.3 Å². The van der Waals surface area contributed by atoms with Crippen LogP contribution < -0.4 is 5.32 Å². The molecule has 5 aliphatic rings. The molecule has 0 aliphatic heterocycles. The van der Waals surface area contributed by atoms with E-state index in [9.17, 15) is 9.59 Å². The van der Waals surface area contributed by atoms with E-state index >= 15 is 0 Å². The molecule has 4 bridgehead atoms. The molecule has 0 aromatic heterocycles. The molecule has 0 spiro atoms. The summed E-state index contributed by atoms with van der Waals surface area (Å²) in [6, 6.07) is 9.72. The highest BCUT2D eigenvalue weighted by molar-refractivity contribution is 5.87. The molecule has 0 saturated heterocycles. The zero-order valence-corrected chi connectivity index (χ0v) is 15.2. The molecule has 1 N–H and O–H groups in total. The average Bonchev–Trinajstić information content (AvgIpc) is 3.43. The first-order valence-corrected chi connectivity index (χ1v) is 10.2. The Kier molecular flexibility index (Phi) is 3.84. The van der Waals surface area contributed by atoms with Gasteiger partial charge in [-0.3, -0.25) is 9.59 Å². The Labute approximate surface area is 154 Å². The average molecular weight is 353 g/mol. The molecule has 5 aliphatic carbocycles. The van der Waals surface area contributed by atoms with Crippen molar-refractivity contribution in [2.75, 3.05) is 0 Å². The summed E-state index contributed by atoms with van der Waals surface area (Å²) in [6.07, 6.45) is 7.98. The molecular weight excluding hydrogens is 326 g/mol. The van der Waals surface area contributed by atoms with Crippen LogP contribution in [0.4, 0.5) is 0 Å². The van der Waals surface area contributed by atoms with Gasteiger partial charge in [0.05, 0.1) is 5.41 Å². The van der Waals surface area contributed by atoms with Crippen molar-refractivity contribution in [3.8, 4) is 0 Å². The number of hydrogen-bond donors (Lipinski definition) is 1. The van der Waals surface area contributed by atoms with E-state index in [1.165, 1.54) is 19.3 Å². The standard InChI is InChI=1S/C22H27NO3/c24-20(23-18-6-7-18)19(17-4-2-1-3-5-17)26-21(25)22-11-14-8-15(12-22)10-16(9-14)13-22/h1-5,14-16,18-19H,6-13H2,(H,23,24). The predicted octanol–water partition coefficient (Wildman–Crippen LogP) is 3.77. The number of carbonyl (C=O) groups excluding carboxylic acids is 2. The van der Waals surface area contributed by atoms with Gasteiger partial charge in [-0.05, 0) is 69.1 Å². The number of carbonyl (C=O) groups is 2. The molecule has 4 nitrogen and oxygen atoms in total. The SMILES string of the molecule is O=C(NC1CC1)C(OC(=O)C12CC3CC(CC(C3)C1)C2)c1ccccc1. The first kappa shape index (κ1) is 16.3. The van der Waals surface area contributed by atoms with Crippen LogP contribution in [-0.2, 0) is 14.3 Å². The molecule has 0 heterocycles. The van der Waals surface area contributed by atoms with Gasteiger partial charge in [0.25, 0.3) is 5.91 Å². The largest absolute Gasteiger partial charge is 0.447 e. The lowest BCUT2D eigenvalue weighted by Gasteiger charge is -2.55. The van der Waals surface area contributed by atoms with Crippen molar-refractivity contribution in [1.82, 2.24) is 5.32 Å². The summed E-state index contributed by atoms with van der Waals surface area (Å²) in [5, 5.41) is 3.02. The number of esters is 1. The maximum atomic E-state index is 13.3. The summed E-state index contributed by atoms with van der Waals surface area (Å²) in [7, 11) is 0. The minimum atomic E-state index is -0.822. The Bertz CT molecular complexity index is 674. The minimum Gasteiger partial charge on any atom is -0.447 e. The van der Waals surface area contributed by atoms with Crippen LogP contribution in [0.2, 0.25) is 0 Å². The van der Waals surface area contributed by atoms with Crippen LogP contribution in [0, 0.1) is 23.2 Å². The van der Waals surface area contributed by atoms with E-state index in [1.54, 1.807) is 0 Å². The molecule has 1 aromatic rings. The highest BCUT2D eigenvalue weighted by Gasteiger charge is 2.56. The Morgan fingerprint density at radius 3 is 2.08 bits per heavy atom. The van der Waals surface area contributed by atoms with E-state index in [0.717, 1.165) is 37.7 Å². The van der Waals surface area contributed by atoms with E-state index in [0.29, 0.717) is 17.8 Å². The van der Waals surface area contributed by atoms with Crippen LogP contribution in [0.25, 0.3) is 0 Å². The van der Waals surface area contributed by atoms with Crippen molar-refractivity contribution in [3.63, 3.8) is 0 Å². The molecule has 5 fully saturated rings. The topological polar surface area (TPSA) is 55.4 Å². The highest BCUT2D eigenvalue weighted by Crippen LogP contribution is 2.60. The smallest absolute Gasteiger partial charge is 0.313 e. The van der Waals surface area contributed by atoms with Gasteiger partial charge in [0.15, 0.2) is 0 Å². The third-order valence-corrected chi connectivity index (χ3v) is 6.96. The molecule has 6 rings (SSSR count). The second-order valence-corrected chi connectivity index (χ2v) is 9.18. The van der Waals surface area contributed by atoms with Crippen molar-refractivity contribution < 1.29 is 14.3 Å². The Balaban J connectivity index is 1.37. The van der Waals surface area contributed by atoms with Gasteiger partial charge < -0.3 is 10.1 Å². The highest BCUT2D eigenvalue weighted by atomic mass is 16.5. The second kappa shape index (κ2) is 6.11. The number of rotatable bonds is 5. The Morgan fingerprint density at radius 1 is 0.962 bits per heavy atom. The van der Waals surface area contributed by atoms with E-state index < -0.39 is 6.10 Å². The normalized spacial score (nSPS) is 35.8. The summed E-state index contributed by atoms with van der Waals surface area (Å²) in [6.45, 7) is 0. The third-order valence-electron chi connectivity index (χ3n) is 6.96. The fourth-order valence-electron chi connectivity index (χ4n) is 6.00. The third kappa shape index (κ3) is 2.93. The molecular formula is C22H27NO3. The Morgan fingerprint density at radius 2 is 1.54 bits per heavy atom. The number of benzene rings is 1. The summed E-state index contributed by atoms with van der Waals surface area (Å²) in [5.41, 5.74) is 0.436. The van der Waals surface area contributed by atoms with Gasteiger partial charge >= 0.3 is 5.97 Å². The molecule has 1 unspecified atom stereocenters. The number of amides is 1. The van der Waals surface area contributed by atoms with Gasteiger partial charge in [0.1, 0.15) is 0 Å². The zero-order chi connectivity index (χ0) is 17.7. The second-order valence-electron chi connectivity index (χ2n) is 9.18. The van der Waals surface area contributed by atoms with Gasteiger partial charge in [-0.1, -0.05) is 30.3 Å². The number of ether oxygens (including phenoxy) is 1. The monoisotopic (exact) mass is 353 g/mol. The van der Waals surface area contributed by atoms with Gasteiger partial charge in [-0.25, -0.2) is 0 Å². The molecule has 1 aromatic carbocycles. The summed E-state index contributed by atoms with van der Waals surface area (Å²) < 4.78 is 5.96. The van der Waals surface area contributed by atoms with Crippen LogP contribution in [-0.4, -0.2) is 17.9 Å². The van der Waals surface area contributed by atoms with Gasteiger partial charge in [-0.2, -0.15) is 0 Å². The molecule has 138 valence electrons. The van der Waals surface area contributed by atoms with Crippen LogP contribution >= 0.6 is 0 Å². The zero-order valence-electron chi connectivity index (χ0n) is 15.2. The van der Waals surface area contributed by atoms with E-state index in [-0.39, 0.29) is 23.3 Å². The van der Waals surface area contributed by atoms with Crippen LogP contribution in [0.1, 0.15) is 63.0 Å². The van der Waals surface area contributed by atoms with E-state index in [2.05, 4.69) is 5.32 Å². The van der Waals surface area contributed by atoms with Gasteiger partial charge in [0.2, 0.25) is 6.10 Å². The summed E-state index contributed by atoms with van der Waals surface area (Å²) >= 11 is 0. The van der Waals surface area contributed by atoms with Crippen molar-refractivity contribution >= 4 is 11.9 Å². The quantitative estimate of drug-likeness (QED) is 0.820. The summed E-state index contributed by atoms with van der Waals surface area (Å²) in [4.78, 5) is 26.1. The van der Waals surface area contributed by atoms with Crippen LogP contribution in [0.3, 0.4) is 0 Å². The van der Waals surface area contributed by atoms with Crippen molar-refractivity contribution in [3.05, 3.63) is 35.9 Å². The van der Waals surface area contributed by atoms with Crippen LogP contribution in [0.15, 0.2) is 30.3 Å². The molecule has 4 heteroatoms. The van der Waals surface area contributed by atoms with Crippen LogP contribution in [0.5, 0.6) is 0 Å². The van der Waals surface area contributed by atoms with Crippen molar-refractivity contribution in [1.29, 1.82) is 0 Å². The van der Waals surface area contributed by atoms with Gasteiger partial charge in [-0.15, -0.1) is 0 Å². The maximum Gasteiger partial charge on any atom is 0.313 e. The lowest BCUT2D eigenvalue weighted by Crippen LogP contribution is -2.51. The first-order chi connectivity index (χ1) is 12.6. The lowest BCUT2D eigenvalue weighted by atomic mass is 9.49. The molecule has 0 radical (unpaired) electrons. The molecule has 26 heavy (non-hydrogen) atoms. The lowest BCUT2D eigenvalue weighted by molar-refractivity contribution is -0.180. The fraction of sp³-hybridized carbons (Fsp3) is 0.636. The van der Waals surface area contributed by atoms with E-state index in [4.69, 9.17) is 4.74 Å². The van der Waals surface area contributed by atoms with Gasteiger partial charge in [0, 0.05) is 11.6 Å². The molecule has 5 saturated carbocycles. The fourth-order valence-corrected chi connectivity index (χ4v) is 6.00. The van der Waals surface area contributed by atoms with Crippen molar-refractivity contribution in [2.45, 2.75) is 63.5 Å². The predicted molar refractivity (Wildman–Crippen MR) is 97.0 cm³/mol.